The summed E-state index contributed by atoms with van der Waals surface area (Å²) in [5.74, 6) is 0.247. The molecule has 182 valence electrons. The summed E-state index contributed by atoms with van der Waals surface area (Å²) in [6, 6.07) is 9.68. The van der Waals surface area contributed by atoms with Gasteiger partial charge < -0.3 is 10.1 Å². The van der Waals surface area contributed by atoms with Gasteiger partial charge >= 0.3 is 5.97 Å². The Kier molecular flexibility index (Phi) is 7.65. The maximum Gasteiger partial charge on any atom is 0.341 e. The topological polar surface area (TPSA) is 75.0 Å². The number of carbonyl (C=O) groups is 1. The highest BCUT2D eigenvalue weighted by atomic mass is 35.5. The summed E-state index contributed by atoms with van der Waals surface area (Å²) < 4.78 is 5.39. The van der Waals surface area contributed by atoms with Crippen LogP contribution >= 0.6 is 34.3 Å². The highest BCUT2D eigenvalue weighted by Gasteiger charge is 2.34. The molecule has 0 aliphatic heterocycles. The molecule has 1 atom stereocenters. The van der Waals surface area contributed by atoms with Crippen molar-refractivity contribution in [2.75, 3.05) is 11.9 Å². The minimum atomic E-state index is -0.312. The van der Waals surface area contributed by atoms with Gasteiger partial charge in [0, 0.05) is 27.0 Å². The highest BCUT2D eigenvalue weighted by molar-refractivity contribution is 7.16. The predicted molar refractivity (Wildman–Crippen MR) is 145 cm³/mol. The van der Waals surface area contributed by atoms with E-state index in [2.05, 4.69) is 37.1 Å². The van der Waals surface area contributed by atoms with Crippen molar-refractivity contribution in [3.63, 3.8) is 0 Å². The van der Waals surface area contributed by atoms with Gasteiger partial charge in [-0.3, -0.25) is 0 Å². The average molecular weight is 526 g/mol. The van der Waals surface area contributed by atoms with E-state index in [4.69, 9.17) is 16.3 Å². The molecule has 1 N–H and O–H groups in total. The molecule has 8 heteroatoms. The molecule has 2 aromatic heterocycles. The normalized spacial score (nSPS) is 15.9. The van der Waals surface area contributed by atoms with Crippen LogP contribution in [0.25, 0.3) is 16.8 Å². The Hall–Kier alpha value is -2.66. The van der Waals surface area contributed by atoms with Gasteiger partial charge in [0.1, 0.15) is 21.7 Å². The number of fused-ring (bicyclic) bond motifs is 1. The van der Waals surface area contributed by atoms with E-state index in [-0.39, 0.29) is 11.4 Å². The number of carbonyl (C=O) groups excluding carboxylic acids is 1. The minimum Gasteiger partial charge on any atom is -0.462 e. The van der Waals surface area contributed by atoms with E-state index in [1.807, 2.05) is 36.6 Å². The zero-order chi connectivity index (χ0) is 25.2. The van der Waals surface area contributed by atoms with Crippen molar-refractivity contribution in [2.45, 2.75) is 47.0 Å². The van der Waals surface area contributed by atoms with Gasteiger partial charge in [0.2, 0.25) is 0 Å². The first-order valence-corrected chi connectivity index (χ1v) is 13.7. The van der Waals surface area contributed by atoms with Crippen molar-refractivity contribution in [1.29, 1.82) is 5.26 Å². The number of allylic oxidation sites excluding steroid dienone is 1. The van der Waals surface area contributed by atoms with Gasteiger partial charge in [-0.15, -0.1) is 22.7 Å². The number of anilines is 1. The quantitative estimate of drug-likeness (QED) is 0.262. The number of nitrogens with zero attached hydrogens (tertiary/aromatic N) is 2. The Bertz CT molecular complexity index is 1290. The average Bonchev–Trinajstić information content (AvgIpc) is 3.44. The summed E-state index contributed by atoms with van der Waals surface area (Å²) in [4.78, 5) is 18.8. The molecule has 2 heterocycles. The number of ether oxygens (including phenoxy) is 1. The monoisotopic (exact) mass is 525 g/mol. The molecule has 0 fully saturated rings. The molecular formula is C27H28ClN3O2S2. The van der Waals surface area contributed by atoms with Gasteiger partial charge in [-0.2, -0.15) is 5.26 Å². The maximum atomic E-state index is 12.9. The fraction of sp³-hybridized carbons (Fsp3) is 0.370. The molecule has 1 aromatic carbocycles. The van der Waals surface area contributed by atoms with E-state index in [0.717, 1.165) is 41.1 Å². The van der Waals surface area contributed by atoms with E-state index in [9.17, 15) is 10.1 Å². The van der Waals surface area contributed by atoms with Crippen LogP contribution in [0, 0.1) is 22.7 Å². The molecule has 1 aliphatic rings. The second-order valence-electron chi connectivity index (χ2n) is 9.59. The number of aromatic nitrogens is 1. The van der Waals surface area contributed by atoms with Crippen LogP contribution < -0.4 is 5.32 Å². The minimum absolute atomic E-state index is 0.208. The summed E-state index contributed by atoms with van der Waals surface area (Å²) >= 11 is 8.98. The van der Waals surface area contributed by atoms with Crippen molar-refractivity contribution in [3.05, 3.63) is 61.9 Å². The number of halogens is 1. The molecule has 0 unspecified atom stereocenters. The first-order valence-electron chi connectivity index (χ1n) is 11.6. The van der Waals surface area contributed by atoms with Gasteiger partial charge in [0.05, 0.1) is 17.9 Å². The zero-order valence-electron chi connectivity index (χ0n) is 20.3. The molecule has 0 saturated heterocycles. The number of nitrogens with one attached hydrogen (secondary N) is 1. The van der Waals surface area contributed by atoms with E-state index in [1.54, 1.807) is 17.5 Å². The highest BCUT2D eigenvalue weighted by Crippen LogP contribution is 2.44. The number of thiazole rings is 1. The lowest BCUT2D eigenvalue weighted by atomic mass is 9.72. The second kappa shape index (κ2) is 10.5. The van der Waals surface area contributed by atoms with Crippen molar-refractivity contribution in [2.24, 2.45) is 11.3 Å². The molecule has 35 heavy (non-hydrogen) atoms. The van der Waals surface area contributed by atoms with Gasteiger partial charge in [0.15, 0.2) is 0 Å². The maximum absolute atomic E-state index is 12.9. The first-order chi connectivity index (χ1) is 16.7. The van der Waals surface area contributed by atoms with Crippen molar-refractivity contribution < 1.29 is 9.53 Å². The van der Waals surface area contributed by atoms with E-state index >= 15 is 0 Å². The van der Waals surface area contributed by atoms with E-state index in [1.165, 1.54) is 16.2 Å². The smallest absolute Gasteiger partial charge is 0.341 e. The SMILES string of the molecule is CCOC(=O)c1c(N/C=C(\C#N)c2nc(-c3ccc(Cl)cc3)cs2)sc2c1CC[C@H](C(C)(C)C)C2. The number of benzene rings is 1. The van der Waals surface area contributed by atoms with Gasteiger partial charge in [-0.05, 0) is 55.2 Å². The molecule has 0 bridgehead atoms. The summed E-state index contributed by atoms with van der Waals surface area (Å²) in [5.41, 5.74) is 4.03. The lowest BCUT2D eigenvalue weighted by Gasteiger charge is -2.33. The van der Waals surface area contributed by atoms with Crippen LogP contribution in [0.1, 0.15) is 59.9 Å². The summed E-state index contributed by atoms with van der Waals surface area (Å²) in [6.45, 7) is 8.95. The number of nitriles is 1. The molecular weight excluding hydrogens is 498 g/mol. The van der Waals surface area contributed by atoms with Crippen LogP contribution in [0.5, 0.6) is 0 Å². The number of hydrogen-bond donors (Lipinski definition) is 1. The Labute approximate surface area is 219 Å². The van der Waals surface area contributed by atoms with Crippen LogP contribution in [0.3, 0.4) is 0 Å². The van der Waals surface area contributed by atoms with E-state index in [0.29, 0.717) is 33.7 Å². The molecule has 0 amide bonds. The Morgan fingerprint density at radius 3 is 2.74 bits per heavy atom. The van der Waals surface area contributed by atoms with Gasteiger partial charge in [-0.1, -0.05) is 44.5 Å². The largest absolute Gasteiger partial charge is 0.462 e. The predicted octanol–water partition coefficient (Wildman–Crippen LogP) is 7.83. The molecule has 0 saturated carbocycles. The standard InChI is InChI=1S/C27H28ClN3O2S2/c1-5-33-26(32)23-20-11-8-18(27(2,3)4)12-22(20)35-25(23)30-14-17(13-29)24-31-21(15-34-24)16-6-9-19(28)10-7-16/h6-7,9-10,14-15,18,30H,5,8,11-12H2,1-4H3/b17-14+/t18-/m0/s1. The second-order valence-corrected chi connectivity index (χ2v) is 12.0. The van der Waals surface area contributed by atoms with Crippen LogP contribution in [-0.2, 0) is 17.6 Å². The summed E-state index contributed by atoms with van der Waals surface area (Å²) in [7, 11) is 0. The van der Waals surface area contributed by atoms with Crippen LogP contribution in [0.4, 0.5) is 5.00 Å². The molecule has 0 spiro atoms. The number of hydrogen-bond acceptors (Lipinski definition) is 7. The lowest BCUT2D eigenvalue weighted by Crippen LogP contribution is -2.26. The Morgan fingerprint density at radius 2 is 2.09 bits per heavy atom. The van der Waals surface area contributed by atoms with Gasteiger partial charge in [-0.25, -0.2) is 9.78 Å². The van der Waals surface area contributed by atoms with Crippen LogP contribution in [-0.4, -0.2) is 17.6 Å². The van der Waals surface area contributed by atoms with Crippen molar-refractivity contribution in [1.82, 2.24) is 4.98 Å². The third-order valence-electron chi connectivity index (χ3n) is 6.31. The number of thiophene rings is 1. The van der Waals surface area contributed by atoms with Gasteiger partial charge in [0.25, 0.3) is 0 Å². The summed E-state index contributed by atoms with van der Waals surface area (Å²) in [6.07, 6.45) is 4.50. The number of rotatable bonds is 6. The molecule has 3 aromatic rings. The molecule has 1 aliphatic carbocycles. The lowest BCUT2D eigenvalue weighted by molar-refractivity contribution is 0.0526. The third kappa shape index (κ3) is 5.61. The fourth-order valence-corrected chi connectivity index (χ4v) is 6.48. The van der Waals surface area contributed by atoms with Crippen LogP contribution in [0.15, 0.2) is 35.8 Å². The Balaban J connectivity index is 1.63. The molecule has 5 nitrogen and oxygen atoms in total. The third-order valence-corrected chi connectivity index (χ3v) is 8.63. The first kappa shape index (κ1) is 25.4. The molecule has 4 rings (SSSR count). The van der Waals surface area contributed by atoms with E-state index < -0.39 is 0 Å². The summed E-state index contributed by atoms with van der Waals surface area (Å²) in [5, 5.41) is 17.0. The van der Waals surface area contributed by atoms with Crippen molar-refractivity contribution in [3.8, 4) is 17.3 Å². The van der Waals surface area contributed by atoms with Crippen LogP contribution in [0.2, 0.25) is 5.02 Å². The zero-order valence-corrected chi connectivity index (χ0v) is 22.7. The number of esters is 1. The molecule has 0 radical (unpaired) electrons. The van der Waals surface area contributed by atoms with Crippen molar-refractivity contribution >= 4 is 50.8 Å². The fourth-order valence-electron chi connectivity index (χ4n) is 4.28. The Morgan fingerprint density at radius 1 is 1.34 bits per heavy atom.